The Kier molecular flexibility index (Phi) is 4.53. The van der Waals surface area contributed by atoms with E-state index in [0.717, 1.165) is 28.8 Å². The Hall–Kier alpha value is -1.61. The van der Waals surface area contributed by atoms with Gasteiger partial charge in [0.15, 0.2) is 0 Å². The molecule has 0 spiro atoms. The van der Waals surface area contributed by atoms with E-state index < -0.39 is 0 Å². The Bertz CT molecular complexity index is 506. The zero-order valence-corrected chi connectivity index (χ0v) is 11.7. The Morgan fingerprint density at radius 1 is 1.17 bits per heavy atom. The normalized spacial score (nSPS) is 10.1. The molecule has 0 atom stereocenters. The third-order valence-electron chi connectivity index (χ3n) is 2.57. The van der Waals surface area contributed by atoms with Gasteiger partial charge >= 0.3 is 0 Å². The van der Waals surface area contributed by atoms with Crippen molar-refractivity contribution in [3.8, 4) is 0 Å². The predicted octanol–water partition coefficient (Wildman–Crippen LogP) is 3.69. The number of hydrogen-bond donors (Lipinski definition) is 1. The van der Waals surface area contributed by atoms with Crippen molar-refractivity contribution in [2.75, 3.05) is 0 Å². The van der Waals surface area contributed by atoms with Crippen LogP contribution in [0.4, 0.5) is 0 Å². The van der Waals surface area contributed by atoms with Gasteiger partial charge in [0.25, 0.3) is 0 Å². The molecule has 2 aromatic rings. The van der Waals surface area contributed by atoms with Crippen LogP contribution in [0, 0.1) is 0 Å². The number of aromatic nitrogens is 1. The van der Waals surface area contributed by atoms with Gasteiger partial charge in [-0.05, 0) is 33.6 Å². The summed E-state index contributed by atoms with van der Waals surface area (Å²) in [7, 11) is 0. The minimum absolute atomic E-state index is 0.750. The van der Waals surface area contributed by atoms with Crippen molar-refractivity contribution in [2.24, 2.45) is 0 Å². The van der Waals surface area contributed by atoms with Crippen LogP contribution in [0.3, 0.4) is 0 Å². The second-order valence-electron chi connectivity index (χ2n) is 4.09. The summed E-state index contributed by atoms with van der Waals surface area (Å²) in [6.07, 6.45) is 2.56. The Morgan fingerprint density at radius 2 is 1.94 bits per heavy atom. The van der Waals surface area contributed by atoms with Gasteiger partial charge in [0, 0.05) is 35.0 Å². The van der Waals surface area contributed by atoms with Crippen LogP contribution < -0.4 is 5.32 Å². The summed E-state index contributed by atoms with van der Waals surface area (Å²) in [5.74, 6) is 0. The highest BCUT2D eigenvalue weighted by molar-refractivity contribution is 9.10. The van der Waals surface area contributed by atoms with E-state index in [-0.39, 0.29) is 0 Å². The average molecular weight is 303 g/mol. The third-order valence-corrected chi connectivity index (χ3v) is 3.04. The fraction of sp³-hybridized carbons (Fsp3) is 0.133. The molecule has 2 rings (SSSR count). The number of nitrogens with one attached hydrogen (secondary N) is 1. The Labute approximate surface area is 116 Å². The molecule has 1 aromatic heterocycles. The molecule has 0 aliphatic heterocycles. The van der Waals surface area contributed by atoms with Gasteiger partial charge in [-0.3, -0.25) is 4.98 Å². The van der Waals surface area contributed by atoms with E-state index >= 15 is 0 Å². The summed E-state index contributed by atoms with van der Waals surface area (Å²) < 4.78 is 0.995. The lowest BCUT2D eigenvalue weighted by Gasteiger charge is -2.09. The molecular formula is C15H15BrN2. The predicted molar refractivity (Wildman–Crippen MR) is 78.1 cm³/mol. The highest BCUT2D eigenvalue weighted by Crippen LogP contribution is 2.09. The van der Waals surface area contributed by atoms with Crippen molar-refractivity contribution in [2.45, 2.75) is 13.0 Å². The third kappa shape index (κ3) is 4.00. The molecule has 0 saturated heterocycles. The first-order valence-corrected chi connectivity index (χ1v) is 6.59. The van der Waals surface area contributed by atoms with E-state index in [4.69, 9.17) is 0 Å². The number of hydrogen-bond acceptors (Lipinski definition) is 2. The first-order valence-electron chi connectivity index (χ1n) is 5.80. The van der Waals surface area contributed by atoms with Crippen LogP contribution in [-0.4, -0.2) is 4.98 Å². The number of halogens is 1. The minimum Gasteiger partial charge on any atom is -0.384 e. The monoisotopic (exact) mass is 302 g/mol. The van der Waals surface area contributed by atoms with Gasteiger partial charge in [0.05, 0.1) is 0 Å². The van der Waals surface area contributed by atoms with Crippen LogP contribution in [0.15, 0.2) is 65.4 Å². The molecule has 0 amide bonds. The highest BCUT2D eigenvalue weighted by atomic mass is 79.9. The van der Waals surface area contributed by atoms with Gasteiger partial charge in [-0.25, -0.2) is 0 Å². The lowest BCUT2D eigenvalue weighted by Crippen LogP contribution is -2.14. The van der Waals surface area contributed by atoms with Gasteiger partial charge in [0.1, 0.15) is 0 Å². The number of pyridine rings is 1. The van der Waals surface area contributed by atoms with Gasteiger partial charge in [-0.1, -0.05) is 36.9 Å². The van der Waals surface area contributed by atoms with E-state index in [1.54, 1.807) is 6.20 Å². The van der Waals surface area contributed by atoms with E-state index in [0.29, 0.717) is 0 Å². The van der Waals surface area contributed by atoms with Crippen molar-refractivity contribution in [3.05, 3.63) is 76.7 Å². The Morgan fingerprint density at radius 3 is 2.61 bits per heavy atom. The molecule has 1 heterocycles. The molecule has 92 valence electrons. The van der Waals surface area contributed by atoms with Crippen LogP contribution in [0.1, 0.15) is 11.3 Å². The van der Waals surface area contributed by atoms with Crippen LogP contribution in [-0.2, 0) is 13.0 Å². The summed E-state index contributed by atoms with van der Waals surface area (Å²) in [4.78, 5) is 4.33. The SMILES string of the molecule is C=C(Cc1ccc(Br)cn1)NCc1ccccc1. The van der Waals surface area contributed by atoms with Crippen molar-refractivity contribution in [1.82, 2.24) is 10.3 Å². The molecule has 0 radical (unpaired) electrons. The molecule has 1 N–H and O–H groups in total. The quantitative estimate of drug-likeness (QED) is 0.911. The molecule has 3 heteroatoms. The second-order valence-corrected chi connectivity index (χ2v) is 5.00. The highest BCUT2D eigenvalue weighted by Gasteiger charge is 1.99. The number of benzene rings is 1. The van der Waals surface area contributed by atoms with Crippen LogP contribution in [0.25, 0.3) is 0 Å². The largest absolute Gasteiger partial charge is 0.384 e. The topological polar surface area (TPSA) is 24.9 Å². The molecule has 0 aliphatic carbocycles. The fourth-order valence-electron chi connectivity index (χ4n) is 1.62. The van der Waals surface area contributed by atoms with Crippen molar-refractivity contribution in [3.63, 3.8) is 0 Å². The van der Waals surface area contributed by atoms with Crippen molar-refractivity contribution in [1.29, 1.82) is 0 Å². The van der Waals surface area contributed by atoms with E-state index in [9.17, 15) is 0 Å². The van der Waals surface area contributed by atoms with Crippen molar-refractivity contribution < 1.29 is 0 Å². The first-order chi connectivity index (χ1) is 8.74. The zero-order valence-electron chi connectivity index (χ0n) is 10.1. The summed E-state index contributed by atoms with van der Waals surface area (Å²) in [5.41, 5.74) is 3.25. The second kappa shape index (κ2) is 6.36. The summed E-state index contributed by atoms with van der Waals surface area (Å²) >= 11 is 3.37. The average Bonchev–Trinajstić information content (AvgIpc) is 2.40. The summed E-state index contributed by atoms with van der Waals surface area (Å²) in [6.45, 7) is 4.83. The molecular weight excluding hydrogens is 288 g/mol. The first kappa shape index (κ1) is 12.8. The molecule has 1 aromatic carbocycles. The van der Waals surface area contributed by atoms with Crippen molar-refractivity contribution >= 4 is 15.9 Å². The molecule has 0 saturated carbocycles. The van der Waals surface area contributed by atoms with Crippen LogP contribution in [0.2, 0.25) is 0 Å². The maximum atomic E-state index is 4.33. The fourth-order valence-corrected chi connectivity index (χ4v) is 1.85. The maximum Gasteiger partial charge on any atom is 0.0462 e. The zero-order chi connectivity index (χ0) is 12.8. The standard InChI is InChI=1S/C15H15BrN2/c1-12(9-15-8-7-14(16)11-18-15)17-10-13-5-3-2-4-6-13/h2-8,11,17H,1,9-10H2. The number of allylic oxidation sites excluding steroid dienone is 1. The molecule has 0 fully saturated rings. The molecule has 0 bridgehead atoms. The van der Waals surface area contributed by atoms with Gasteiger partial charge in [0.2, 0.25) is 0 Å². The molecule has 0 unspecified atom stereocenters. The number of rotatable bonds is 5. The minimum atomic E-state index is 0.750. The lowest BCUT2D eigenvalue weighted by atomic mass is 10.2. The smallest absolute Gasteiger partial charge is 0.0462 e. The molecule has 2 nitrogen and oxygen atoms in total. The van der Waals surface area contributed by atoms with Gasteiger partial charge < -0.3 is 5.32 Å². The molecule has 18 heavy (non-hydrogen) atoms. The van der Waals surface area contributed by atoms with E-state index in [1.165, 1.54) is 5.56 Å². The summed E-state index contributed by atoms with van der Waals surface area (Å²) in [6, 6.07) is 14.3. The van der Waals surface area contributed by atoms with Gasteiger partial charge in [-0.2, -0.15) is 0 Å². The van der Waals surface area contributed by atoms with Crippen LogP contribution >= 0.6 is 15.9 Å². The lowest BCUT2D eigenvalue weighted by molar-refractivity contribution is 0.779. The molecule has 0 aliphatic rings. The maximum absolute atomic E-state index is 4.33. The summed E-state index contributed by atoms with van der Waals surface area (Å²) in [5, 5.41) is 3.32. The van der Waals surface area contributed by atoms with E-state index in [1.807, 2.05) is 30.3 Å². The van der Waals surface area contributed by atoms with Gasteiger partial charge in [-0.15, -0.1) is 0 Å². The van der Waals surface area contributed by atoms with Crippen LogP contribution in [0.5, 0.6) is 0 Å². The Balaban J connectivity index is 1.84. The van der Waals surface area contributed by atoms with E-state index in [2.05, 4.69) is 44.9 Å². The number of nitrogens with zero attached hydrogens (tertiary/aromatic N) is 1.